The molecule has 0 radical (unpaired) electrons. The predicted octanol–water partition coefficient (Wildman–Crippen LogP) is 2.40. The van der Waals surface area contributed by atoms with Gasteiger partial charge in [-0.1, -0.05) is 24.3 Å². The Hall–Kier alpha value is -0.560. The molecule has 0 saturated carbocycles. The van der Waals surface area contributed by atoms with Crippen molar-refractivity contribution in [2.75, 3.05) is 0 Å². The molecule has 66 valence electrons. The highest BCUT2D eigenvalue weighted by Crippen LogP contribution is 2.15. The van der Waals surface area contributed by atoms with Crippen molar-refractivity contribution in [1.82, 2.24) is 5.32 Å². The molecule has 0 aliphatic heterocycles. The molecule has 0 heterocycles. The lowest BCUT2D eigenvalue weighted by Gasteiger charge is -2.22. The molecule has 0 saturated heterocycles. The van der Waals surface area contributed by atoms with E-state index in [0.717, 1.165) is 6.04 Å². The third-order valence-electron chi connectivity index (χ3n) is 2.71. The summed E-state index contributed by atoms with van der Waals surface area (Å²) in [7, 11) is 0. The molecular weight excluding hydrogens is 146 g/mol. The Balaban J connectivity index is 1.78. The van der Waals surface area contributed by atoms with Crippen molar-refractivity contribution >= 4 is 0 Å². The summed E-state index contributed by atoms with van der Waals surface area (Å²) in [6.45, 7) is 0. The number of allylic oxidation sites excluding steroid dienone is 1. The van der Waals surface area contributed by atoms with Crippen molar-refractivity contribution in [1.29, 1.82) is 0 Å². The highest BCUT2D eigenvalue weighted by molar-refractivity contribution is 5.03. The van der Waals surface area contributed by atoms with Crippen LogP contribution in [0.4, 0.5) is 0 Å². The first-order chi connectivity index (χ1) is 5.95. The van der Waals surface area contributed by atoms with Gasteiger partial charge in [-0.15, -0.1) is 0 Å². The summed E-state index contributed by atoms with van der Waals surface area (Å²) in [4.78, 5) is 0. The van der Waals surface area contributed by atoms with Crippen LogP contribution < -0.4 is 5.32 Å². The van der Waals surface area contributed by atoms with E-state index < -0.39 is 0 Å². The molecule has 0 spiro atoms. The molecule has 2 rings (SSSR count). The van der Waals surface area contributed by atoms with E-state index in [9.17, 15) is 0 Å². The maximum Gasteiger partial charge on any atom is 0.0252 e. The fourth-order valence-electron chi connectivity index (χ4n) is 2.01. The Labute approximate surface area is 74.5 Å². The molecule has 0 aromatic rings. The van der Waals surface area contributed by atoms with Gasteiger partial charge in [-0.2, -0.15) is 0 Å². The highest BCUT2D eigenvalue weighted by atomic mass is 14.9. The van der Waals surface area contributed by atoms with E-state index in [1.165, 1.54) is 32.1 Å². The van der Waals surface area contributed by atoms with E-state index in [4.69, 9.17) is 0 Å². The van der Waals surface area contributed by atoms with Crippen molar-refractivity contribution in [2.24, 2.45) is 0 Å². The van der Waals surface area contributed by atoms with Crippen LogP contribution in [0.3, 0.4) is 0 Å². The van der Waals surface area contributed by atoms with Crippen molar-refractivity contribution in [3.05, 3.63) is 24.3 Å². The van der Waals surface area contributed by atoms with E-state index in [0.29, 0.717) is 6.04 Å². The maximum absolute atomic E-state index is 3.67. The van der Waals surface area contributed by atoms with Crippen LogP contribution in [-0.4, -0.2) is 12.1 Å². The molecule has 0 aromatic carbocycles. The zero-order valence-corrected chi connectivity index (χ0v) is 7.50. The molecule has 0 amide bonds. The standard InChI is InChI=1S/C11H17N/c1-2-6-10(7-3-1)12-11-8-4-5-9-11/h2,4-6,10-12H,1,3,7-9H2. The first-order valence-corrected chi connectivity index (χ1v) is 5.03. The first kappa shape index (κ1) is 8.06. The normalized spacial score (nSPS) is 29.8. The van der Waals surface area contributed by atoms with Gasteiger partial charge < -0.3 is 5.32 Å². The van der Waals surface area contributed by atoms with Gasteiger partial charge >= 0.3 is 0 Å². The van der Waals surface area contributed by atoms with Gasteiger partial charge in [0.1, 0.15) is 0 Å². The molecule has 1 nitrogen and oxygen atoms in total. The molecule has 0 fully saturated rings. The number of rotatable bonds is 2. The summed E-state index contributed by atoms with van der Waals surface area (Å²) in [5.74, 6) is 0. The number of hydrogen-bond donors (Lipinski definition) is 1. The molecule has 12 heavy (non-hydrogen) atoms. The van der Waals surface area contributed by atoms with E-state index >= 15 is 0 Å². The van der Waals surface area contributed by atoms with Crippen LogP contribution in [0.2, 0.25) is 0 Å². The summed E-state index contributed by atoms with van der Waals surface area (Å²) in [6.07, 6.45) is 15.6. The average molecular weight is 163 g/mol. The second-order valence-electron chi connectivity index (χ2n) is 3.77. The smallest absolute Gasteiger partial charge is 0.0252 e. The van der Waals surface area contributed by atoms with Gasteiger partial charge in [0.25, 0.3) is 0 Å². The van der Waals surface area contributed by atoms with Gasteiger partial charge in [0.15, 0.2) is 0 Å². The molecule has 0 aromatic heterocycles. The van der Waals surface area contributed by atoms with Crippen LogP contribution in [0.25, 0.3) is 0 Å². The monoisotopic (exact) mass is 163 g/mol. The van der Waals surface area contributed by atoms with Crippen molar-refractivity contribution in [3.8, 4) is 0 Å². The largest absolute Gasteiger partial charge is 0.307 e. The quantitative estimate of drug-likeness (QED) is 0.616. The molecule has 0 bridgehead atoms. The molecule has 1 atom stereocenters. The van der Waals surface area contributed by atoms with Gasteiger partial charge in [-0.25, -0.2) is 0 Å². The Morgan fingerprint density at radius 3 is 2.58 bits per heavy atom. The summed E-state index contributed by atoms with van der Waals surface area (Å²) < 4.78 is 0. The Bertz CT molecular complexity index is 185. The third-order valence-corrected chi connectivity index (χ3v) is 2.71. The lowest BCUT2D eigenvalue weighted by molar-refractivity contribution is 0.450. The molecule has 1 unspecified atom stereocenters. The number of hydrogen-bond acceptors (Lipinski definition) is 1. The van der Waals surface area contributed by atoms with Gasteiger partial charge in [-0.05, 0) is 32.1 Å². The zero-order chi connectivity index (χ0) is 8.23. The van der Waals surface area contributed by atoms with E-state index in [-0.39, 0.29) is 0 Å². The minimum Gasteiger partial charge on any atom is -0.307 e. The zero-order valence-electron chi connectivity index (χ0n) is 7.50. The average Bonchev–Trinajstić information content (AvgIpc) is 2.59. The van der Waals surface area contributed by atoms with E-state index in [1.807, 2.05) is 0 Å². The van der Waals surface area contributed by atoms with Crippen molar-refractivity contribution in [2.45, 2.75) is 44.2 Å². The van der Waals surface area contributed by atoms with Crippen LogP contribution in [0.1, 0.15) is 32.1 Å². The van der Waals surface area contributed by atoms with Gasteiger partial charge in [0.2, 0.25) is 0 Å². The third kappa shape index (κ3) is 1.98. The highest BCUT2D eigenvalue weighted by Gasteiger charge is 2.14. The summed E-state index contributed by atoms with van der Waals surface area (Å²) in [5, 5.41) is 3.67. The maximum atomic E-state index is 3.67. The lowest BCUT2D eigenvalue weighted by atomic mass is 10.0. The molecule has 2 aliphatic rings. The second kappa shape index (κ2) is 3.90. The van der Waals surface area contributed by atoms with Crippen molar-refractivity contribution in [3.63, 3.8) is 0 Å². The van der Waals surface area contributed by atoms with Crippen LogP contribution >= 0.6 is 0 Å². The fourth-order valence-corrected chi connectivity index (χ4v) is 2.01. The first-order valence-electron chi connectivity index (χ1n) is 5.03. The minimum atomic E-state index is 0.656. The lowest BCUT2D eigenvalue weighted by Crippen LogP contribution is -2.36. The summed E-state index contributed by atoms with van der Waals surface area (Å²) in [6, 6.07) is 1.38. The SMILES string of the molecule is C1=CC(NC2CC=CC2)CCC1. The van der Waals surface area contributed by atoms with Crippen LogP contribution in [0.15, 0.2) is 24.3 Å². The van der Waals surface area contributed by atoms with Crippen LogP contribution in [0, 0.1) is 0 Å². The van der Waals surface area contributed by atoms with E-state index in [2.05, 4.69) is 29.6 Å². The molecule has 2 aliphatic carbocycles. The van der Waals surface area contributed by atoms with Gasteiger partial charge in [-0.3, -0.25) is 0 Å². The Morgan fingerprint density at radius 2 is 1.92 bits per heavy atom. The Morgan fingerprint density at radius 1 is 1.08 bits per heavy atom. The van der Waals surface area contributed by atoms with Crippen LogP contribution in [0.5, 0.6) is 0 Å². The molecule has 1 N–H and O–H groups in total. The molecule has 1 heteroatoms. The Kier molecular flexibility index (Phi) is 2.62. The van der Waals surface area contributed by atoms with Gasteiger partial charge in [0, 0.05) is 12.1 Å². The predicted molar refractivity (Wildman–Crippen MR) is 52.1 cm³/mol. The van der Waals surface area contributed by atoms with Gasteiger partial charge in [0.05, 0.1) is 0 Å². The van der Waals surface area contributed by atoms with Crippen LogP contribution in [-0.2, 0) is 0 Å². The van der Waals surface area contributed by atoms with Crippen molar-refractivity contribution < 1.29 is 0 Å². The number of nitrogens with one attached hydrogen (secondary N) is 1. The molecular formula is C11H17N. The second-order valence-corrected chi connectivity index (χ2v) is 3.77. The summed E-state index contributed by atoms with van der Waals surface area (Å²) in [5.41, 5.74) is 0. The minimum absolute atomic E-state index is 0.656. The fraction of sp³-hybridized carbons (Fsp3) is 0.636. The topological polar surface area (TPSA) is 12.0 Å². The van der Waals surface area contributed by atoms with E-state index in [1.54, 1.807) is 0 Å². The summed E-state index contributed by atoms with van der Waals surface area (Å²) >= 11 is 0.